The van der Waals surface area contributed by atoms with Crippen LogP contribution in [-0.4, -0.2) is 59.4 Å². The maximum absolute atomic E-state index is 13.1. The standard InChI is InChI=1S/C19H15I6NO2S.C18H16I6N2O2S.C18H16I6N2OS.C18H16I6O.C17H12I6O3/c1-8-13(20)9(2)16(23)12(15(8)22)6-7-29(27,28)26(5)19-17(24)10(3)14(21)11(4)18(19)25;1-7-11(19)8(2)14(22)17(13(7)21)25-6-29(27,28)26(5)18-15(23)9(3)12(20)10(4)16(18)24;1-7-11(19)8(2)14(22)17(13(7)21)25-6-28(27)26(5)18-15(23)9(3)12(20)10(4)16(18)24;1-6-12(19)7(2)15(22)11(14(6)21)10(5)25-18-16(23)8(3)13(20)9(4)17(18)24;1-5-9(18)6(2)12(21)15(11(5)20)25-17(24)26-16-13(22)7(3)10(19)8(4)14(16)23/h1-5H3;6H,1-5H3;6H,1-5H3;10H,1-5H3;1-4H3. The van der Waals surface area contributed by atoms with Crippen LogP contribution in [0.5, 0.6) is 17.2 Å². The van der Waals surface area contributed by atoms with Gasteiger partial charge in [0, 0.05) is 112 Å². The molecule has 0 radical (unpaired) electrons. The molecule has 0 saturated heterocycles. The van der Waals surface area contributed by atoms with Gasteiger partial charge in [0.1, 0.15) is 22.9 Å². The third kappa shape index (κ3) is 32.0. The first-order valence-corrected chi connectivity index (χ1v) is 75.0. The summed E-state index contributed by atoms with van der Waals surface area (Å²) < 4.78 is 121. The Kier molecular flexibility index (Phi) is 59.7. The zero-order valence-corrected chi connectivity index (χ0v) is 143. The van der Waals surface area contributed by atoms with E-state index in [0.717, 1.165) is 159 Å². The van der Waals surface area contributed by atoms with Gasteiger partial charge in [-0.15, -0.1) is 0 Å². The summed E-state index contributed by atoms with van der Waals surface area (Å²) in [5.41, 5.74) is 32.2. The minimum Gasteiger partial charge on any atom is -0.484 e. The minimum absolute atomic E-state index is 0.00842. The van der Waals surface area contributed by atoms with Gasteiger partial charge in [0.05, 0.1) is 60.7 Å². The molecule has 0 aliphatic carbocycles. The first-order chi connectivity index (χ1) is 62.9. The van der Waals surface area contributed by atoms with E-state index in [-0.39, 0.29) is 6.10 Å². The van der Waals surface area contributed by atoms with E-state index in [0.29, 0.717) is 28.6 Å². The molecule has 742 valence electrons. The van der Waals surface area contributed by atoms with Crippen LogP contribution < -0.4 is 27.1 Å². The van der Waals surface area contributed by atoms with E-state index in [9.17, 15) is 25.8 Å². The molecule has 2 unspecified atom stereocenters. The number of anilines is 3. The van der Waals surface area contributed by atoms with E-state index < -0.39 is 37.2 Å². The summed E-state index contributed by atoms with van der Waals surface area (Å²) in [4.78, 5) is 21.6. The van der Waals surface area contributed by atoms with Gasteiger partial charge in [0.25, 0.3) is 10.0 Å². The van der Waals surface area contributed by atoms with Crippen LogP contribution in [0.3, 0.4) is 0 Å². The number of rotatable bonds is 15. The Bertz CT molecular complexity index is 6700. The largest absolute Gasteiger partial charge is 0.519 e. The number of aliphatic imine (C=N–C) groups is 2. The molecule has 10 aromatic rings. The molecule has 137 heavy (non-hydrogen) atoms. The molecule has 0 heterocycles. The lowest BCUT2D eigenvalue weighted by Gasteiger charge is -2.24. The van der Waals surface area contributed by atoms with Crippen molar-refractivity contribution < 1.29 is 40.0 Å². The van der Waals surface area contributed by atoms with E-state index in [1.165, 1.54) is 102 Å². The average molecular weight is 5270 g/mol. The summed E-state index contributed by atoms with van der Waals surface area (Å²) in [6, 6.07) is 0. The Morgan fingerprint density at radius 2 is 0.518 bits per heavy atom. The Labute approximate surface area is 1220 Å². The highest BCUT2D eigenvalue weighted by Crippen LogP contribution is 2.48. The minimum atomic E-state index is -3.82. The molecule has 0 fully saturated rings. The van der Waals surface area contributed by atoms with Gasteiger partial charge in [0.2, 0.25) is 0 Å². The summed E-state index contributed by atoms with van der Waals surface area (Å²) in [6.07, 6.45) is -0.703. The average Bonchev–Trinajstić information content (AvgIpc) is 0.766. The fourth-order valence-corrected chi connectivity index (χ4v) is 51.9. The summed E-state index contributed by atoms with van der Waals surface area (Å²) in [5, 5.41) is 2.56. The van der Waals surface area contributed by atoms with Crippen LogP contribution in [0.4, 0.5) is 33.2 Å². The van der Waals surface area contributed by atoms with Crippen LogP contribution >= 0.6 is 678 Å². The number of sulfonamides is 2. The molecule has 0 spiro atoms. The zero-order chi connectivity index (χ0) is 105. The van der Waals surface area contributed by atoms with Crippen LogP contribution in [0.1, 0.15) is 135 Å². The zero-order valence-electron chi connectivity index (χ0n) is 75.7. The van der Waals surface area contributed by atoms with E-state index in [2.05, 4.69) is 761 Å². The summed E-state index contributed by atoms with van der Waals surface area (Å²) in [6.45, 7) is 43.7. The number of hydrogen-bond donors (Lipinski definition) is 0. The van der Waals surface area contributed by atoms with Gasteiger partial charge in [0.15, 0.2) is 22.5 Å². The Morgan fingerprint density at radius 1 is 0.299 bits per heavy atom. The van der Waals surface area contributed by atoms with Crippen molar-refractivity contribution in [2.75, 3.05) is 34.1 Å². The van der Waals surface area contributed by atoms with Crippen molar-refractivity contribution in [2.24, 2.45) is 9.98 Å². The van der Waals surface area contributed by atoms with Gasteiger partial charge in [-0.2, -0.15) is 8.42 Å². The summed E-state index contributed by atoms with van der Waals surface area (Å²) >= 11 is 69.5. The third-order valence-electron chi connectivity index (χ3n) is 21.3. The third-order valence-corrected chi connectivity index (χ3v) is 67.5. The molecule has 10 aromatic carbocycles. The summed E-state index contributed by atoms with van der Waals surface area (Å²) in [5.74, 6) is 5.11. The predicted molar refractivity (Wildman–Crippen MR) is 831 cm³/mol. The van der Waals surface area contributed by atoms with E-state index in [1.807, 2.05) is 94.4 Å². The fraction of sp³-hybridized carbons (Fsp3) is 0.278. The highest BCUT2D eigenvalue weighted by molar-refractivity contribution is 14.1. The maximum Gasteiger partial charge on any atom is 0.519 e. The predicted octanol–water partition coefficient (Wildman–Crippen LogP) is 39.8. The molecule has 10 rings (SSSR count). The molecule has 14 nitrogen and oxygen atoms in total. The topological polar surface area (TPSA) is 165 Å². The number of benzene rings is 10. The molecule has 47 heteroatoms. The molecular formula is C90H75I30N5O9S3. The molecule has 0 aliphatic rings. The van der Waals surface area contributed by atoms with Crippen LogP contribution in [0.25, 0.3) is 0 Å². The lowest BCUT2D eigenvalue weighted by Crippen LogP contribution is -2.29. The van der Waals surface area contributed by atoms with Crippen molar-refractivity contribution in [3.63, 3.8) is 0 Å². The van der Waals surface area contributed by atoms with Crippen molar-refractivity contribution in [1.82, 2.24) is 0 Å². The van der Waals surface area contributed by atoms with Crippen LogP contribution in [0.2, 0.25) is 0 Å². The number of carbonyl (C=O) groups excluding carboxylic acids is 1. The smallest absolute Gasteiger partial charge is 0.484 e. The molecular weight excluding hydrogens is 5200 g/mol. The SMILES string of the molecule is Cc1c(I)c(C)c(I)c(C#CS(=O)(=O)N(C)c2c(I)c(C)c(I)c(C)c2I)c1I.Cc1c(I)c(C)c(I)c(N=CS(=O)(=O)N(C)c2c(I)c(C)c(I)c(C)c2I)c1I.Cc1c(I)c(C)c(I)c(N=CS(=O)N(C)c2c(I)c(C)c(I)c(C)c2I)c1I.Cc1c(I)c(C)c(I)c(OC(=O)Oc2c(I)c(C)c(I)c(C)c2I)c1I.Cc1c(I)c(C)c(I)c(OC(C)c2c(I)c(C)c(I)c(C)c2I)c1I. The van der Waals surface area contributed by atoms with Crippen molar-refractivity contribution in [3.8, 4) is 28.4 Å². The Balaban J connectivity index is 0.000000263. The lowest BCUT2D eigenvalue weighted by molar-refractivity contribution is 0.150. The second kappa shape index (κ2) is 59.6. The molecule has 0 saturated carbocycles. The van der Waals surface area contributed by atoms with Crippen LogP contribution in [0.15, 0.2) is 9.98 Å². The Hall–Kier alpha value is 11.5. The van der Waals surface area contributed by atoms with Crippen molar-refractivity contribution in [2.45, 2.75) is 152 Å². The second-order valence-corrected chi connectivity index (χ2v) is 67.3. The van der Waals surface area contributed by atoms with Crippen molar-refractivity contribution in [3.05, 3.63) is 230 Å². The number of carbonyl (C=O) groups is 1. The Morgan fingerprint density at radius 3 is 0.796 bits per heavy atom. The number of nitrogens with zero attached hydrogens (tertiary/aromatic N) is 5. The molecule has 0 bridgehead atoms. The quantitative estimate of drug-likeness (QED) is 0.0243. The summed E-state index contributed by atoms with van der Waals surface area (Å²) in [7, 11) is -3.91. The monoisotopic (exact) mass is 5270 g/mol. The van der Waals surface area contributed by atoms with E-state index in [4.69, 9.17) is 14.2 Å². The van der Waals surface area contributed by atoms with E-state index in [1.54, 1.807) is 19.6 Å². The van der Waals surface area contributed by atoms with Crippen molar-refractivity contribution >= 4 is 754 Å². The lowest BCUT2D eigenvalue weighted by atomic mass is 10.0. The second-order valence-electron chi connectivity index (χ2n) is 30.1. The fourth-order valence-electron chi connectivity index (χ4n) is 12.4. The number of ether oxygens (including phenoxy) is 3. The van der Waals surface area contributed by atoms with Gasteiger partial charge < -0.3 is 14.2 Å². The van der Waals surface area contributed by atoms with Crippen molar-refractivity contribution in [1.29, 1.82) is 0 Å². The number of halogens is 30. The van der Waals surface area contributed by atoms with E-state index >= 15 is 0 Å². The van der Waals surface area contributed by atoms with Gasteiger partial charge >= 0.3 is 16.2 Å². The first-order valence-electron chi connectivity index (χ1n) is 38.5. The van der Waals surface area contributed by atoms with Gasteiger partial charge in [-0.3, -0.25) is 12.9 Å². The number of hydrogen-bond acceptors (Lipinski definition) is 11. The van der Waals surface area contributed by atoms with Gasteiger partial charge in [-0.1, -0.05) is 0 Å². The van der Waals surface area contributed by atoms with Crippen LogP contribution in [-0.2, 0) is 31.0 Å². The maximum atomic E-state index is 13.1. The highest BCUT2D eigenvalue weighted by Gasteiger charge is 2.33. The molecule has 0 aliphatic heterocycles. The highest BCUT2D eigenvalue weighted by atomic mass is 127. The molecule has 0 N–H and O–H groups in total. The molecule has 0 aromatic heterocycles. The molecule has 2 atom stereocenters. The normalized spacial score (nSPS) is 11.9. The van der Waals surface area contributed by atoms with Crippen LogP contribution in [0, 0.1) is 257 Å². The first kappa shape index (κ1) is 137. The molecule has 0 amide bonds. The van der Waals surface area contributed by atoms with Gasteiger partial charge in [-0.25, -0.2) is 27.4 Å². The van der Waals surface area contributed by atoms with Gasteiger partial charge in [-0.05, 0) is 940 Å².